The smallest absolute Gasteiger partial charge is 0.194 e. The first kappa shape index (κ1) is 17.8. The average molecular weight is 316 g/mol. The second-order valence-corrected chi connectivity index (χ2v) is 6.90. The molecule has 1 aliphatic rings. The Morgan fingerprint density at radius 2 is 1.87 bits per heavy atom. The van der Waals surface area contributed by atoms with E-state index >= 15 is 0 Å². The standard InChI is InChI=1S/C19H32N4/c1-6-20-19(21-13-18(22(3)4)17-11-12-17)23(5)14-16-9-7-15(2)8-10-16/h7-10,17-18H,6,11-14H2,1-5H3,(H,20,21). The lowest BCUT2D eigenvalue weighted by molar-refractivity contribution is 0.270. The van der Waals surface area contributed by atoms with Gasteiger partial charge in [-0.3, -0.25) is 4.99 Å². The molecule has 0 radical (unpaired) electrons. The van der Waals surface area contributed by atoms with Gasteiger partial charge in [-0.1, -0.05) is 29.8 Å². The van der Waals surface area contributed by atoms with Crippen LogP contribution >= 0.6 is 0 Å². The van der Waals surface area contributed by atoms with Gasteiger partial charge >= 0.3 is 0 Å². The van der Waals surface area contributed by atoms with Crippen molar-refractivity contribution >= 4 is 5.96 Å². The predicted molar refractivity (Wildman–Crippen MR) is 98.8 cm³/mol. The van der Waals surface area contributed by atoms with Gasteiger partial charge in [0, 0.05) is 26.2 Å². The maximum absolute atomic E-state index is 4.90. The van der Waals surface area contributed by atoms with E-state index in [2.05, 4.69) is 74.4 Å². The molecule has 1 aromatic rings. The summed E-state index contributed by atoms with van der Waals surface area (Å²) in [4.78, 5) is 9.44. The molecule has 1 aromatic carbocycles. The zero-order chi connectivity index (χ0) is 16.8. The summed E-state index contributed by atoms with van der Waals surface area (Å²) < 4.78 is 0. The molecule has 0 heterocycles. The number of hydrogen-bond acceptors (Lipinski definition) is 2. The summed E-state index contributed by atoms with van der Waals surface area (Å²) in [5.74, 6) is 1.83. The number of benzene rings is 1. The lowest BCUT2D eigenvalue weighted by Gasteiger charge is -2.25. The van der Waals surface area contributed by atoms with Crippen molar-refractivity contribution in [3.63, 3.8) is 0 Å². The van der Waals surface area contributed by atoms with Crippen LogP contribution in [0.15, 0.2) is 29.3 Å². The summed E-state index contributed by atoms with van der Waals surface area (Å²) in [6.45, 7) is 6.89. The Morgan fingerprint density at radius 3 is 2.39 bits per heavy atom. The molecule has 0 spiro atoms. The lowest BCUT2D eigenvalue weighted by atomic mass is 10.1. The molecule has 1 fully saturated rings. The van der Waals surface area contributed by atoms with Crippen LogP contribution in [0.5, 0.6) is 0 Å². The van der Waals surface area contributed by atoms with Gasteiger partial charge in [-0.15, -0.1) is 0 Å². The maximum Gasteiger partial charge on any atom is 0.194 e. The van der Waals surface area contributed by atoms with Crippen LogP contribution in [0.25, 0.3) is 0 Å². The minimum Gasteiger partial charge on any atom is -0.357 e. The fraction of sp³-hybridized carbons (Fsp3) is 0.632. The van der Waals surface area contributed by atoms with Crippen molar-refractivity contribution in [2.75, 3.05) is 34.2 Å². The van der Waals surface area contributed by atoms with Crippen LogP contribution in [0.2, 0.25) is 0 Å². The highest BCUT2D eigenvalue weighted by atomic mass is 15.3. The Bertz CT molecular complexity index is 501. The van der Waals surface area contributed by atoms with Crippen molar-refractivity contribution in [1.29, 1.82) is 0 Å². The molecular weight excluding hydrogens is 284 g/mol. The molecule has 4 nitrogen and oxygen atoms in total. The summed E-state index contributed by atoms with van der Waals surface area (Å²) in [6, 6.07) is 9.30. The number of aliphatic imine (C=N–C) groups is 1. The van der Waals surface area contributed by atoms with Crippen LogP contribution in [0.3, 0.4) is 0 Å². The van der Waals surface area contributed by atoms with Gasteiger partial charge in [0.1, 0.15) is 0 Å². The summed E-state index contributed by atoms with van der Waals surface area (Å²) in [5, 5.41) is 3.43. The van der Waals surface area contributed by atoms with Crippen LogP contribution < -0.4 is 5.32 Å². The minimum absolute atomic E-state index is 0.566. The maximum atomic E-state index is 4.90. The molecule has 0 aromatic heterocycles. The molecule has 1 atom stereocenters. The van der Waals surface area contributed by atoms with E-state index in [9.17, 15) is 0 Å². The summed E-state index contributed by atoms with van der Waals surface area (Å²) >= 11 is 0. The fourth-order valence-corrected chi connectivity index (χ4v) is 2.91. The Morgan fingerprint density at radius 1 is 1.22 bits per heavy atom. The summed E-state index contributed by atoms with van der Waals surface area (Å²) in [5.41, 5.74) is 2.62. The molecule has 2 rings (SSSR count). The van der Waals surface area contributed by atoms with E-state index in [1.54, 1.807) is 0 Å². The quantitative estimate of drug-likeness (QED) is 0.620. The molecule has 0 amide bonds. The van der Waals surface area contributed by atoms with Crippen molar-refractivity contribution < 1.29 is 0 Å². The zero-order valence-corrected chi connectivity index (χ0v) is 15.3. The number of nitrogens with one attached hydrogen (secondary N) is 1. The highest BCUT2D eigenvalue weighted by molar-refractivity contribution is 5.79. The van der Waals surface area contributed by atoms with Gasteiger partial charge in [0.15, 0.2) is 5.96 Å². The first-order chi connectivity index (χ1) is 11.0. The second-order valence-electron chi connectivity index (χ2n) is 6.90. The first-order valence-corrected chi connectivity index (χ1v) is 8.72. The minimum atomic E-state index is 0.566. The molecule has 1 N–H and O–H groups in total. The number of aryl methyl sites for hydroxylation is 1. The molecule has 23 heavy (non-hydrogen) atoms. The SMILES string of the molecule is CCNC(=NCC(C1CC1)N(C)C)N(C)Cc1ccc(C)cc1. The molecule has 4 heteroatoms. The van der Waals surface area contributed by atoms with Gasteiger partial charge in [0.2, 0.25) is 0 Å². The van der Waals surface area contributed by atoms with Crippen LogP contribution in [-0.2, 0) is 6.54 Å². The normalized spacial score (nSPS) is 16.5. The number of rotatable bonds is 7. The fourth-order valence-electron chi connectivity index (χ4n) is 2.91. The number of nitrogens with zero attached hydrogens (tertiary/aromatic N) is 3. The van der Waals surface area contributed by atoms with Crippen molar-refractivity contribution in [1.82, 2.24) is 15.1 Å². The summed E-state index contributed by atoms with van der Waals surface area (Å²) in [7, 11) is 6.45. The van der Waals surface area contributed by atoms with Crippen LogP contribution in [0, 0.1) is 12.8 Å². The molecule has 1 aliphatic carbocycles. The van der Waals surface area contributed by atoms with Gasteiger partial charge in [-0.2, -0.15) is 0 Å². The molecular formula is C19H32N4. The van der Waals surface area contributed by atoms with E-state index in [0.29, 0.717) is 6.04 Å². The first-order valence-electron chi connectivity index (χ1n) is 8.72. The second kappa shape index (κ2) is 8.34. The van der Waals surface area contributed by atoms with E-state index in [4.69, 9.17) is 4.99 Å². The molecule has 0 saturated heterocycles. The van der Waals surface area contributed by atoms with Gasteiger partial charge in [-0.05, 0) is 52.3 Å². The van der Waals surface area contributed by atoms with Crippen molar-refractivity contribution in [3.8, 4) is 0 Å². The Hall–Kier alpha value is -1.55. The number of guanidine groups is 1. The van der Waals surface area contributed by atoms with E-state index in [-0.39, 0.29) is 0 Å². The van der Waals surface area contributed by atoms with E-state index in [1.807, 2.05) is 0 Å². The van der Waals surface area contributed by atoms with Crippen molar-refractivity contribution in [3.05, 3.63) is 35.4 Å². The monoisotopic (exact) mass is 316 g/mol. The van der Waals surface area contributed by atoms with Gasteiger partial charge in [-0.25, -0.2) is 0 Å². The topological polar surface area (TPSA) is 30.9 Å². The average Bonchev–Trinajstić information content (AvgIpc) is 3.33. The van der Waals surface area contributed by atoms with Crippen molar-refractivity contribution in [2.24, 2.45) is 10.9 Å². The Kier molecular flexibility index (Phi) is 6.46. The molecule has 1 saturated carbocycles. The number of hydrogen-bond donors (Lipinski definition) is 1. The molecule has 0 aliphatic heterocycles. The molecule has 128 valence electrons. The highest BCUT2D eigenvalue weighted by Gasteiger charge is 2.32. The van der Waals surface area contributed by atoms with Crippen LogP contribution in [0.4, 0.5) is 0 Å². The zero-order valence-electron chi connectivity index (χ0n) is 15.3. The van der Waals surface area contributed by atoms with E-state index in [1.165, 1.54) is 24.0 Å². The van der Waals surface area contributed by atoms with Gasteiger partial charge in [0.25, 0.3) is 0 Å². The van der Waals surface area contributed by atoms with Crippen LogP contribution in [-0.4, -0.2) is 56.0 Å². The van der Waals surface area contributed by atoms with Gasteiger partial charge in [0.05, 0.1) is 6.54 Å². The highest BCUT2D eigenvalue weighted by Crippen LogP contribution is 2.34. The Balaban J connectivity index is 2.00. The lowest BCUT2D eigenvalue weighted by Crippen LogP contribution is -2.40. The third-order valence-electron chi connectivity index (χ3n) is 4.49. The molecule has 1 unspecified atom stereocenters. The third-order valence-corrected chi connectivity index (χ3v) is 4.49. The third kappa shape index (κ3) is 5.54. The van der Waals surface area contributed by atoms with Gasteiger partial charge < -0.3 is 15.1 Å². The molecule has 0 bridgehead atoms. The predicted octanol–water partition coefficient (Wildman–Crippen LogP) is 2.73. The largest absolute Gasteiger partial charge is 0.357 e. The van der Waals surface area contributed by atoms with E-state index < -0.39 is 0 Å². The van der Waals surface area contributed by atoms with E-state index in [0.717, 1.165) is 31.5 Å². The Labute approximate surface area is 141 Å². The van der Waals surface area contributed by atoms with Crippen molar-refractivity contribution in [2.45, 2.75) is 39.3 Å². The van der Waals surface area contributed by atoms with Crippen LogP contribution in [0.1, 0.15) is 30.9 Å². The summed E-state index contributed by atoms with van der Waals surface area (Å²) in [6.07, 6.45) is 2.71. The number of likely N-dealkylation sites (N-methyl/N-ethyl adjacent to an activating group) is 1.